The van der Waals surface area contributed by atoms with E-state index in [4.69, 9.17) is 13.9 Å². The maximum atomic E-state index is 12.5. The molecule has 1 aliphatic rings. The molecule has 1 aliphatic heterocycles. The normalized spacial score (nSPS) is 14.3. The lowest BCUT2D eigenvalue weighted by molar-refractivity contribution is -0.133. The van der Waals surface area contributed by atoms with Gasteiger partial charge in [-0.05, 0) is 24.3 Å². The number of methoxy groups -OCH3 is 1. The maximum absolute atomic E-state index is 12.5. The Balaban J connectivity index is 1.34. The van der Waals surface area contributed by atoms with E-state index in [0.29, 0.717) is 48.8 Å². The molecule has 8 heteroatoms. The molecule has 1 saturated heterocycles. The van der Waals surface area contributed by atoms with Gasteiger partial charge in [0.05, 0.1) is 12.6 Å². The van der Waals surface area contributed by atoms with E-state index in [1.54, 1.807) is 24.1 Å². The number of carbonyl (C=O) groups excluding carboxylic acids is 1. The second-order valence-electron chi connectivity index (χ2n) is 6.50. The van der Waals surface area contributed by atoms with E-state index < -0.39 is 5.76 Å². The SMILES string of the molecule is COc1ccccc1OCC(=O)N1CCN(c2ccc3[nH]c(=O)oc3c2)CC1. The van der Waals surface area contributed by atoms with Gasteiger partial charge in [-0.1, -0.05) is 12.1 Å². The van der Waals surface area contributed by atoms with Crippen LogP contribution in [-0.4, -0.2) is 55.7 Å². The van der Waals surface area contributed by atoms with Gasteiger partial charge in [0.1, 0.15) is 0 Å². The predicted octanol–water partition coefficient (Wildman–Crippen LogP) is 1.86. The Hall–Kier alpha value is -3.42. The summed E-state index contributed by atoms with van der Waals surface area (Å²) < 4.78 is 16.0. The van der Waals surface area contributed by atoms with Crippen LogP contribution in [0.5, 0.6) is 11.5 Å². The van der Waals surface area contributed by atoms with E-state index in [9.17, 15) is 9.59 Å². The highest BCUT2D eigenvalue weighted by Crippen LogP contribution is 2.26. The van der Waals surface area contributed by atoms with Gasteiger partial charge in [0.2, 0.25) is 0 Å². The number of amides is 1. The van der Waals surface area contributed by atoms with Gasteiger partial charge >= 0.3 is 5.76 Å². The first-order valence-electron chi connectivity index (χ1n) is 9.05. The molecule has 0 bridgehead atoms. The van der Waals surface area contributed by atoms with Crippen LogP contribution < -0.4 is 20.1 Å². The van der Waals surface area contributed by atoms with Crippen molar-refractivity contribution in [1.82, 2.24) is 9.88 Å². The molecule has 0 radical (unpaired) electrons. The average molecular weight is 383 g/mol. The van der Waals surface area contributed by atoms with E-state index in [0.717, 1.165) is 5.69 Å². The Morgan fingerprint density at radius 3 is 2.61 bits per heavy atom. The highest BCUT2D eigenvalue weighted by molar-refractivity contribution is 5.79. The quantitative estimate of drug-likeness (QED) is 0.724. The van der Waals surface area contributed by atoms with Crippen LogP contribution in [0, 0.1) is 0 Å². The monoisotopic (exact) mass is 383 g/mol. The van der Waals surface area contributed by atoms with Gasteiger partial charge < -0.3 is 23.7 Å². The number of aromatic nitrogens is 1. The van der Waals surface area contributed by atoms with Crippen molar-refractivity contribution in [3.63, 3.8) is 0 Å². The molecule has 0 saturated carbocycles. The van der Waals surface area contributed by atoms with Crippen molar-refractivity contribution in [2.24, 2.45) is 0 Å². The van der Waals surface area contributed by atoms with Crippen LogP contribution in [0.25, 0.3) is 11.1 Å². The molecule has 0 spiro atoms. The van der Waals surface area contributed by atoms with Crippen molar-refractivity contribution in [2.75, 3.05) is 44.8 Å². The van der Waals surface area contributed by atoms with Gasteiger partial charge in [-0.15, -0.1) is 0 Å². The summed E-state index contributed by atoms with van der Waals surface area (Å²) in [6.07, 6.45) is 0. The fourth-order valence-electron chi connectivity index (χ4n) is 3.31. The minimum absolute atomic E-state index is 0.0269. The molecule has 3 aromatic rings. The maximum Gasteiger partial charge on any atom is 0.417 e. The average Bonchev–Trinajstić information content (AvgIpc) is 3.11. The number of benzene rings is 2. The van der Waals surface area contributed by atoms with Crippen LogP contribution >= 0.6 is 0 Å². The molecule has 1 N–H and O–H groups in total. The minimum atomic E-state index is -0.461. The summed E-state index contributed by atoms with van der Waals surface area (Å²) in [5.41, 5.74) is 2.18. The lowest BCUT2D eigenvalue weighted by Crippen LogP contribution is -2.50. The molecule has 8 nitrogen and oxygen atoms in total. The van der Waals surface area contributed by atoms with Gasteiger partial charge in [0.15, 0.2) is 23.7 Å². The highest BCUT2D eigenvalue weighted by atomic mass is 16.5. The van der Waals surface area contributed by atoms with Gasteiger partial charge in [0.25, 0.3) is 5.91 Å². The van der Waals surface area contributed by atoms with Gasteiger partial charge in [-0.3, -0.25) is 9.78 Å². The number of hydrogen-bond acceptors (Lipinski definition) is 6. The molecule has 1 aromatic heterocycles. The lowest BCUT2D eigenvalue weighted by atomic mass is 10.2. The molecule has 4 rings (SSSR count). The molecule has 0 unspecified atom stereocenters. The van der Waals surface area contributed by atoms with E-state index in [1.807, 2.05) is 30.3 Å². The molecular formula is C20H21N3O5. The van der Waals surface area contributed by atoms with Crippen molar-refractivity contribution in [1.29, 1.82) is 0 Å². The number of anilines is 1. The summed E-state index contributed by atoms with van der Waals surface area (Å²) in [5.74, 6) is 0.639. The fourth-order valence-corrected chi connectivity index (χ4v) is 3.31. The molecule has 2 aromatic carbocycles. The number of para-hydroxylation sites is 2. The van der Waals surface area contributed by atoms with E-state index in [1.165, 1.54) is 0 Å². The van der Waals surface area contributed by atoms with Gasteiger partial charge in [-0.2, -0.15) is 0 Å². The fraction of sp³-hybridized carbons (Fsp3) is 0.300. The third kappa shape index (κ3) is 3.66. The number of ether oxygens (including phenoxy) is 2. The van der Waals surface area contributed by atoms with Crippen LogP contribution in [0.3, 0.4) is 0 Å². The van der Waals surface area contributed by atoms with Crippen molar-refractivity contribution in [3.8, 4) is 11.5 Å². The van der Waals surface area contributed by atoms with Crippen LogP contribution in [0.2, 0.25) is 0 Å². The first-order valence-corrected chi connectivity index (χ1v) is 9.05. The third-order valence-corrected chi connectivity index (χ3v) is 4.82. The summed E-state index contributed by atoms with van der Waals surface area (Å²) >= 11 is 0. The molecule has 28 heavy (non-hydrogen) atoms. The number of hydrogen-bond donors (Lipinski definition) is 1. The van der Waals surface area contributed by atoms with Crippen molar-refractivity contribution >= 4 is 22.7 Å². The topological polar surface area (TPSA) is 88.0 Å². The highest BCUT2D eigenvalue weighted by Gasteiger charge is 2.22. The minimum Gasteiger partial charge on any atom is -0.493 e. The zero-order valence-electron chi connectivity index (χ0n) is 15.5. The van der Waals surface area contributed by atoms with Gasteiger partial charge in [0, 0.05) is 37.9 Å². The zero-order valence-corrected chi connectivity index (χ0v) is 15.5. The molecule has 2 heterocycles. The Kier molecular flexibility index (Phi) is 4.92. The van der Waals surface area contributed by atoms with E-state index in [-0.39, 0.29) is 12.5 Å². The largest absolute Gasteiger partial charge is 0.493 e. The Labute approximate surface area is 161 Å². The standard InChI is InChI=1S/C20H21N3O5/c1-26-16-4-2-3-5-17(16)27-13-19(24)23-10-8-22(9-11-23)14-6-7-15-18(12-14)28-20(25)21-15/h2-7,12H,8-11,13H2,1H3,(H,21,25). The molecule has 1 fully saturated rings. The molecule has 1 amide bonds. The van der Waals surface area contributed by atoms with Crippen LogP contribution in [-0.2, 0) is 4.79 Å². The number of oxazole rings is 1. The van der Waals surface area contributed by atoms with Crippen LogP contribution in [0.4, 0.5) is 5.69 Å². The predicted molar refractivity (Wildman–Crippen MR) is 104 cm³/mol. The number of fused-ring (bicyclic) bond motifs is 1. The zero-order chi connectivity index (χ0) is 19.5. The second-order valence-corrected chi connectivity index (χ2v) is 6.50. The second kappa shape index (κ2) is 7.67. The Morgan fingerprint density at radius 2 is 1.86 bits per heavy atom. The van der Waals surface area contributed by atoms with Crippen LogP contribution in [0.1, 0.15) is 0 Å². The first-order chi connectivity index (χ1) is 13.6. The molecule has 0 atom stereocenters. The molecule has 146 valence electrons. The number of piperazine rings is 1. The molecule has 0 aliphatic carbocycles. The summed E-state index contributed by atoms with van der Waals surface area (Å²) in [4.78, 5) is 30.4. The smallest absolute Gasteiger partial charge is 0.417 e. The van der Waals surface area contributed by atoms with Crippen molar-refractivity contribution in [2.45, 2.75) is 0 Å². The summed E-state index contributed by atoms with van der Waals surface area (Å²) in [6.45, 7) is 2.56. The van der Waals surface area contributed by atoms with Crippen molar-refractivity contribution < 1.29 is 18.7 Å². The number of nitrogens with one attached hydrogen (secondary N) is 1. The molecular weight excluding hydrogens is 362 g/mol. The van der Waals surface area contributed by atoms with Crippen molar-refractivity contribution in [3.05, 3.63) is 53.0 Å². The Morgan fingerprint density at radius 1 is 1.11 bits per heavy atom. The first kappa shape index (κ1) is 18.0. The number of aromatic amines is 1. The number of H-pyrrole nitrogens is 1. The van der Waals surface area contributed by atoms with E-state index in [2.05, 4.69) is 9.88 Å². The van der Waals surface area contributed by atoms with E-state index >= 15 is 0 Å². The number of nitrogens with zero attached hydrogens (tertiary/aromatic N) is 2. The number of rotatable bonds is 5. The summed E-state index contributed by atoms with van der Waals surface area (Å²) in [7, 11) is 1.57. The van der Waals surface area contributed by atoms with Gasteiger partial charge in [-0.25, -0.2) is 4.79 Å². The number of carbonyl (C=O) groups is 1. The van der Waals surface area contributed by atoms with Crippen LogP contribution in [0.15, 0.2) is 51.7 Å². The lowest BCUT2D eigenvalue weighted by Gasteiger charge is -2.36. The third-order valence-electron chi connectivity index (χ3n) is 4.82. The summed E-state index contributed by atoms with van der Waals surface area (Å²) in [5, 5.41) is 0. The Bertz CT molecular complexity index is 1030. The summed E-state index contributed by atoms with van der Waals surface area (Å²) in [6, 6.07) is 12.9.